The van der Waals surface area contributed by atoms with E-state index in [4.69, 9.17) is 9.84 Å². The fourth-order valence-electron chi connectivity index (χ4n) is 1.84. The van der Waals surface area contributed by atoms with Gasteiger partial charge in [-0.1, -0.05) is 13.3 Å². The molecule has 3 heteroatoms. The van der Waals surface area contributed by atoms with Crippen LogP contribution in [0.2, 0.25) is 0 Å². The molecule has 0 spiro atoms. The van der Waals surface area contributed by atoms with Gasteiger partial charge in [0.05, 0.1) is 11.7 Å². The summed E-state index contributed by atoms with van der Waals surface area (Å²) in [5.74, 6) is -0.104. The second-order valence-corrected chi connectivity index (χ2v) is 4.38. The average molecular weight is 236 g/mol. The molecule has 0 aromatic heterocycles. The van der Waals surface area contributed by atoms with Gasteiger partial charge in [-0.05, 0) is 50.5 Å². The van der Waals surface area contributed by atoms with Crippen LogP contribution < -0.4 is 4.74 Å². The largest absolute Gasteiger partial charge is 0.490 e. The van der Waals surface area contributed by atoms with Crippen LogP contribution in [0.3, 0.4) is 0 Å². The zero-order valence-corrected chi connectivity index (χ0v) is 10.9. The van der Waals surface area contributed by atoms with Gasteiger partial charge in [0.1, 0.15) is 5.75 Å². The minimum Gasteiger partial charge on any atom is -0.490 e. The smallest absolute Gasteiger partial charge is 0.335 e. The first-order valence-electron chi connectivity index (χ1n) is 5.97. The van der Waals surface area contributed by atoms with E-state index in [0.29, 0.717) is 5.56 Å². The normalized spacial score (nSPS) is 12.2. The van der Waals surface area contributed by atoms with Crippen molar-refractivity contribution in [2.24, 2.45) is 0 Å². The summed E-state index contributed by atoms with van der Waals surface area (Å²) in [6.45, 7) is 7.86. The Morgan fingerprint density at radius 1 is 1.35 bits per heavy atom. The third-order valence-corrected chi connectivity index (χ3v) is 2.99. The molecule has 0 bridgehead atoms. The highest BCUT2D eigenvalue weighted by Crippen LogP contribution is 2.25. The molecule has 94 valence electrons. The molecule has 3 nitrogen and oxygen atoms in total. The van der Waals surface area contributed by atoms with E-state index in [1.165, 1.54) is 0 Å². The predicted octanol–water partition coefficient (Wildman–Crippen LogP) is 3.57. The highest BCUT2D eigenvalue weighted by Gasteiger charge is 2.13. The van der Waals surface area contributed by atoms with Crippen molar-refractivity contribution in [1.82, 2.24) is 0 Å². The molecular formula is C14H20O3. The molecule has 1 N–H and O–H groups in total. The molecule has 1 atom stereocenters. The Balaban J connectivity index is 2.96. The van der Waals surface area contributed by atoms with Gasteiger partial charge < -0.3 is 9.84 Å². The van der Waals surface area contributed by atoms with E-state index in [9.17, 15) is 4.79 Å². The number of aromatic carboxylic acids is 1. The van der Waals surface area contributed by atoms with E-state index >= 15 is 0 Å². The van der Waals surface area contributed by atoms with Gasteiger partial charge >= 0.3 is 5.97 Å². The highest BCUT2D eigenvalue weighted by atomic mass is 16.5. The van der Waals surface area contributed by atoms with Crippen LogP contribution in [0.25, 0.3) is 0 Å². The number of ether oxygens (including phenoxy) is 1. The quantitative estimate of drug-likeness (QED) is 0.850. The van der Waals surface area contributed by atoms with Crippen LogP contribution in [-0.2, 0) is 0 Å². The summed E-state index contributed by atoms with van der Waals surface area (Å²) < 4.78 is 5.81. The summed E-state index contributed by atoms with van der Waals surface area (Å²) >= 11 is 0. The number of hydrogen-bond acceptors (Lipinski definition) is 2. The number of carboxylic acid groups (broad SMARTS) is 1. The third kappa shape index (κ3) is 3.22. The lowest BCUT2D eigenvalue weighted by atomic mass is 10.0. The van der Waals surface area contributed by atoms with Crippen LogP contribution in [0.4, 0.5) is 0 Å². The maximum atomic E-state index is 11.0. The van der Waals surface area contributed by atoms with Crippen LogP contribution >= 0.6 is 0 Å². The molecule has 1 rings (SSSR count). The maximum Gasteiger partial charge on any atom is 0.335 e. The zero-order valence-electron chi connectivity index (χ0n) is 10.9. The Bertz CT molecular complexity index is 410. The van der Waals surface area contributed by atoms with Gasteiger partial charge in [0.15, 0.2) is 0 Å². The molecule has 17 heavy (non-hydrogen) atoms. The van der Waals surface area contributed by atoms with Crippen LogP contribution in [0, 0.1) is 13.8 Å². The molecule has 1 unspecified atom stereocenters. The van der Waals surface area contributed by atoms with E-state index in [0.717, 1.165) is 29.7 Å². The Hall–Kier alpha value is -1.51. The first kappa shape index (κ1) is 13.6. The number of carbonyl (C=O) groups is 1. The second-order valence-electron chi connectivity index (χ2n) is 4.38. The number of carboxylic acids is 1. The highest BCUT2D eigenvalue weighted by molar-refractivity contribution is 5.90. The first-order chi connectivity index (χ1) is 7.97. The Morgan fingerprint density at radius 3 is 2.53 bits per heavy atom. The van der Waals surface area contributed by atoms with E-state index in [1.54, 1.807) is 12.1 Å². The molecule has 0 radical (unpaired) electrons. The molecule has 1 aromatic carbocycles. The average Bonchev–Trinajstić information content (AvgIpc) is 2.25. The molecule has 0 heterocycles. The Kier molecular flexibility index (Phi) is 4.55. The molecule has 0 saturated heterocycles. The summed E-state index contributed by atoms with van der Waals surface area (Å²) in [5.41, 5.74) is 2.03. The van der Waals surface area contributed by atoms with Gasteiger partial charge in [-0.3, -0.25) is 0 Å². The lowest BCUT2D eigenvalue weighted by molar-refractivity contribution is 0.0696. The van der Waals surface area contributed by atoms with Crippen molar-refractivity contribution in [1.29, 1.82) is 0 Å². The number of hydrogen-bond donors (Lipinski definition) is 1. The van der Waals surface area contributed by atoms with Crippen molar-refractivity contribution in [3.05, 3.63) is 28.8 Å². The molecule has 0 aliphatic rings. The maximum absolute atomic E-state index is 11.0. The van der Waals surface area contributed by atoms with Gasteiger partial charge in [0.2, 0.25) is 0 Å². The SMILES string of the molecule is CCCC(C)Oc1ccc(C(=O)O)c(C)c1C. The second kappa shape index (κ2) is 5.71. The molecule has 0 amide bonds. The predicted molar refractivity (Wildman–Crippen MR) is 67.9 cm³/mol. The van der Waals surface area contributed by atoms with Gasteiger partial charge in [0, 0.05) is 0 Å². The van der Waals surface area contributed by atoms with Gasteiger partial charge in [-0.2, -0.15) is 0 Å². The van der Waals surface area contributed by atoms with Crippen LogP contribution in [0.15, 0.2) is 12.1 Å². The van der Waals surface area contributed by atoms with E-state index in [2.05, 4.69) is 6.92 Å². The van der Waals surface area contributed by atoms with Crippen molar-refractivity contribution < 1.29 is 14.6 Å². The molecule has 0 fully saturated rings. The van der Waals surface area contributed by atoms with E-state index in [1.807, 2.05) is 20.8 Å². The third-order valence-electron chi connectivity index (χ3n) is 2.99. The number of rotatable bonds is 5. The summed E-state index contributed by atoms with van der Waals surface area (Å²) in [6, 6.07) is 3.36. The summed E-state index contributed by atoms with van der Waals surface area (Å²) in [6.07, 6.45) is 2.24. The van der Waals surface area contributed by atoms with Crippen molar-refractivity contribution in [3.63, 3.8) is 0 Å². The topological polar surface area (TPSA) is 46.5 Å². The minimum atomic E-state index is -0.890. The lowest BCUT2D eigenvalue weighted by Gasteiger charge is -2.17. The Morgan fingerprint density at radius 2 is 2.00 bits per heavy atom. The number of benzene rings is 1. The van der Waals surface area contributed by atoms with Gasteiger partial charge in [-0.15, -0.1) is 0 Å². The molecule has 0 aliphatic carbocycles. The van der Waals surface area contributed by atoms with Crippen LogP contribution in [-0.4, -0.2) is 17.2 Å². The van der Waals surface area contributed by atoms with Crippen LogP contribution in [0.5, 0.6) is 5.75 Å². The monoisotopic (exact) mass is 236 g/mol. The van der Waals surface area contributed by atoms with E-state index in [-0.39, 0.29) is 6.10 Å². The molecular weight excluding hydrogens is 216 g/mol. The lowest BCUT2D eigenvalue weighted by Crippen LogP contribution is -2.13. The zero-order chi connectivity index (χ0) is 13.0. The summed E-state index contributed by atoms with van der Waals surface area (Å²) in [5, 5.41) is 9.01. The Labute approximate surface area is 102 Å². The van der Waals surface area contributed by atoms with E-state index < -0.39 is 5.97 Å². The molecule has 0 aliphatic heterocycles. The summed E-state index contributed by atoms with van der Waals surface area (Å²) in [7, 11) is 0. The van der Waals surface area contributed by atoms with Gasteiger partial charge in [-0.25, -0.2) is 4.79 Å². The fourth-order valence-corrected chi connectivity index (χ4v) is 1.84. The first-order valence-corrected chi connectivity index (χ1v) is 5.97. The standard InChI is InChI=1S/C14H20O3/c1-5-6-9(2)17-13-8-7-12(14(15)16)10(3)11(13)4/h7-9H,5-6H2,1-4H3,(H,15,16). The van der Waals surface area contributed by atoms with Crippen molar-refractivity contribution in [3.8, 4) is 5.75 Å². The minimum absolute atomic E-state index is 0.161. The molecule has 0 saturated carbocycles. The van der Waals surface area contributed by atoms with Crippen LogP contribution in [0.1, 0.15) is 48.2 Å². The molecule has 1 aromatic rings. The summed E-state index contributed by atoms with van der Waals surface area (Å²) in [4.78, 5) is 11.0. The van der Waals surface area contributed by atoms with Gasteiger partial charge in [0.25, 0.3) is 0 Å². The van der Waals surface area contributed by atoms with Crippen molar-refractivity contribution in [2.75, 3.05) is 0 Å². The fraction of sp³-hybridized carbons (Fsp3) is 0.500. The van der Waals surface area contributed by atoms with Crippen molar-refractivity contribution >= 4 is 5.97 Å². The van der Waals surface area contributed by atoms with Crippen molar-refractivity contribution in [2.45, 2.75) is 46.6 Å².